The zero-order valence-corrected chi connectivity index (χ0v) is 13.1. The number of alkyl halides is 3. The van der Waals surface area contributed by atoms with Gasteiger partial charge in [-0.3, -0.25) is 0 Å². The summed E-state index contributed by atoms with van der Waals surface area (Å²) < 4.78 is 49.8. The van der Waals surface area contributed by atoms with Crippen LogP contribution in [0.5, 0.6) is 17.2 Å². The number of carboxylic acid groups (broad SMARTS) is 1. The minimum atomic E-state index is -4.87. The maximum atomic E-state index is 13.1. The second kappa shape index (κ2) is 6.33. The molecule has 25 heavy (non-hydrogen) atoms. The second-order valence-electron chi connectivity index (χ2n) is 5.15. The molecule has 8 heteroatoms. The van der Waals surface area contributed by atoms with Crippen molar-refractivity contribution in [1.82, 2.24) is 0 Å². The molecule has 1 atom stereocenters. The van der Waals surface area contributed by atoms with Crippen molar-refractivity contribution in [3.8, 4) is 17.2 Å². The molecule has 0 bridgehead atoms. The molecular weight excluding hydrogens is 361 g/mol. The van der Waals surface area contributed by atoms with Gasteiger partial charge in [0.25, 0.3) is 0 Å². The predicted molar refractivity (Wildman–Crippen MR) is 84.1 cm³/mol. The average molecular weight is 371 g/mol. The highest BCUT2D eigenvalue weighted by Crippen LogP contribution is 2.45. The predicted octanol–water partition coefficient (Wildman–Crippen LogP) is 4.92. The first-order valence-electron chi connectivity index (χ1n) is 7.01. The van der Waals surface area contributed by atoms with Crippen molar-refractivity contribution in [1.29, 1.82) is 0 Å². The third-order valence-electron chi connectivity index (χ3n) is 3.44. The quantitative estimate of drug-likeness (QED) is 0.833. The van der Waals surface area contributed by atoms with Gasteiger partial charge >= 0.3 is 12.1 Å². The van der Waals surface area contributed by atoms with E-state index >= 15 is 0 Å². The van der Waals surface area contributed by atoms with Gasteiger partial charge in [0.2, 0.25) is 6.10 Å². The van der Waals surface area contributed by atoms with E-state index < -0.39 is 23.8 Å². The van der Waals surface area contributed by atoms with E-state index in [1.165, 1.54) is 12.1 Å². The highest BCUT2D eigenvalue weighted by Gasteiger charge is 2.48. The Morgan fingerprint density at radius 1 is 1.16 bits per heavy atom. The van der Waals surface area contributed by atoms with Gasteiger partial charge in [0.1, 0.15) is 11.5 Å². The molecule has 0 aromatic heterocycles. The first-order valence-corrected chi connectivity index (χ1v) is 7.39. The molecule has 1 aliphatic rings. The van der Waals surface area contributed by atoms with Crippen LogP contribution in [0.2, 0.25) is 5.02 Å². The zero-order valence-electron chi connectivity index (χ0n) is 12.4. The van der Waals surface area contributed by atoms with Crippen LogP contribution >= 0.6 is 11.6 Å². The van der Waals surface area contributed by atoms with Crippen LogP contribution in [0.15, 0.2) is 48.0 Å². The Labute approximate surface area is 145 Å². The molecule has 1 aliphatic heterocycles. The Morgan fingerprint density at radius 3 is 2.44 bits per heavy atom. The van der Waals surface area contributed by atoms with Gasteiger partial charge in [-0.1, -0.05) is 29.8 Å². The summed E-state index contributed by atoms with van der Waals surface area (Å²) in [7, 11) is 0. The number of rotatable bonds is 3. The fourth-order valence-electron chi connectivity index (χ4n) is 2.34. The smallest absolute Gasteiger partial charge is 0.430 e. The van der Waals surface area contributed by atoms with Crippen molar-refractivity contribution in [2.24, 2.45) is 0 Å². The lowest BCUT2D eigenvalue weighted by Crippen LogP contribution is -2.40. The first kappa shape index (κ1) is 17.2. The SMILES string of the molecule is O=C(O)C1=Cc2c(ccc(Cl)c2Oc2ccccc2)OC1C(F)(F)F. The largest absolute Gasteiger partial charge is 0.478 e. The highest BCUT2D eigenvalue weighted by atomic mass is 35.5. The van der Waals surface area contributed by atoms with Crippen molar-refractivity contribution in [2.45, 2.75) is 12.3 Å². The molecule has 1 N–H and O–H groups in total. The maximum Gasteiger partial charge on any atom is 0.430 e. The van der Waals surface area contributed by atoms with Crippen LogP contribution < -0.4 is 9.47 Å². The van der Waals surface area contributed by atoms with E-state index in [1.807, 2.05) is 0 Å². The van der Waals surface area contributed by atoms with Gasteiger partial charge in [0.05, 0.1) is 16.2 Å². The maximum absolute atomic E-state index is 13.1. The third kappa shape index (κ3) is 3.41. The summed E-state index contributed by atoms with van der Waals surface area (Å²) in [5.41, 5.74) is -0.908. The molecule has 0 saturated heterocycles. The Bertz CT molecular complexity index is 847. The van der Waals surface area contributed by atoms with Gasteiger partial charge in [0, 0.05) is 0 Å². The summed E-state index contributed by atoms with van der Waals surface area (Å²) in [4.78, 5) is 11.3. The molecule has 1 heterocycles. The van der Waals surface area contributed by atoms with Crippen molar-refractivity contribution >= 4 is 23.6 Å². The van der Waals surface area contributed by atoms with E-state index in [1.54, 1.807) is 30.3 Å². The number of benzene rings is 2. The molecule has 4 nitrogen and oxygen atoms in total. The first-order chi connectivity index (χ1) is 11.8. The van der Waals surface area contributed by atoms with E-state index in [9.17, 15) is 18.0 Å². The molecule has 0 fully saturated rings. The molecule has 0 amide bonds. The van der Waals surface area contributed by atoms with Crippen molar-refractivity contribution in [3.05, 3.63) is 58.6 Å². The lowest BCUT2D eigenvalue weighted by Gasteiger charge is -2.28. The standard InChI is InChI=1S/C17H10ClF3O4/c18-12-6-7-13-10(14(12)24-9-4-2-1-3-5-9)8-11(16(22)23)15(25-13)17(19,20)21/h1-8,15H,(H,22,23). The highest BCUT2D eigenvalue weighted by molar-refractivity contribution is 6.32. The number of hydrogen-bond acceptors (Lipinski definition) is 3. The van der Waals surface area contributed by atoms with Gasteiger partial charge in [0.15, 0.2) is 5.75 Å². The monoisotopic (exact) mass is 370 g/mol. The lowest BCUT2D eigenvalue weighted by atomic mass is 10.0. The van der Waals surface area contributed by atoms with Crippen molar-refractivity contribution in [3.63, 3.8) is 0 Å². The summed E-state index contributed by atoms with van der Waals surface area (Å²) in [6.07, 6.45) is -6.56. The van der Waals surface area contributed by atoms with Gasteiger partial charge in [-0.2, -0.15) is 13.2 Å². The molecule has 0 aliphatic carbocycles. The Balaban J connectivity index is 2.11. The van der Waals surface area contributed by atoms with Crippen LogP contribution in [-0.2, 0) is 4.79 Å². The second-order valence-corrected chi connectivity index (χ2v) is 5.55. The minimum Gasteiger partial charge on any atom is -0.478 e. The van der Waals surface area contributed by atoms with Crippen LogP contribution in [0.1, 0.15) is 5.56 Å². The molecule has 130 valence electrons. The van der Waals surface area contributed by atoms with Crippen molar-refractivity contribution < 1.29 is 32.5 Å². The Morgan fingerprint density at radius 2 is 1.84 bits per heavy atom. The Kier molecular flexibility index (Phi) is 4.34. The van der Waals surface area contributed by atoms with Crippen LogP contribution in [0.4, 0.5) is 13.2 Å². The number of carbonyl (C=O) groups is 1. The third-order valence-corrected chi connectivity index (χ3v) is 3.74. The molecule has 3 rings (SSSR count). The number of halogens is 4. The number of para-hydroxylation sites is 1. The summed E-state index contributed by atoms with van der Waals surface area (Å²) in [6, 6.07) is 11.0. The molecule has 0 spiro atoms. The topological polar surface area (TPSA) is 55.8 Å². The van der Waals surface area contributed by atoms with E-state index in [4.69, 9.17) is 26.2 Å². The normalized spacial score (nSPS) is 16.5. The van der Waals surface area contributed by atoms with Crippen LogP contribution in [0.3, 0.4) is 0 Å². The number of ether oxygens (including phenoxy) is 2. The number of fused-ring (bicyclic) bond motifs is 1. The summed E-state index contributed by atoms with van der Waals surface area (Å²) in [5.74, 6) is -1.49. The van der Waals surface area contributed by atoms with E-state index in [-0.39, 0.29) is 22.1 Å². The zero-order chi connectivity index (χ0) is 18.2. The van der Waals surface area contributed by atoms with Crippen molar-refractivity contribution in [2.75, 3.05) is 0 Å². The lowest BCUT2D eigenvalue weighted by molar-refractivity contribution is -0.187. The molecule has 2 aromatic carbocycles. The molecule has 2 aromatic rings. The number of aliphatic carboxylic acids is 1. The van der Waals surface area contributed by atoms with Gasteiger partial charge < -0.3 is 14.6 Å². The molecule has 0 saturated carbocycles. The summed E-state index contributed by atoms with van der Waals surface area (Å²) in [6.45, 7) is 0. The van der Waals surface area contributed by atoms with Gasteiger partial charge in [-0.25, -0.2) is 4.79 Å². The Hall–Kier alpha value is -2.67. The fraction of sp³-hybridized carbons (Fsp3) is 0.118. The van der Waals surface area contributed by atoms with Crippen LogP contribution in [0.25, 0.3) is 6.08 Å². The molecule has 1 unspecified atom stereocenters. The molecule has 0 radical (unpaired) electrons. The average Bonchev–Trinajstić information content (AvgIpc) is 2.56. The van der Waals surface area contributed by atoms with Crippen LogP contribution in [0, 0.1) is 0 Å². The number of hydrogen-bond donors (Lipinski definition) is 1. The van der Waals surface area contributed by atoms with Crippen LogP contribution in [-0.4, -0.2) is 23.4 Å². The van der Waals surface area contributed by atoms with E-state index in [2.05, 4.69) is 0 Å². The summed E-state index contributed by atoms with van der Waals surface area (Å²) >= 11 is 6.09. The summed E-state index contributed by atoms with van der Waals surface area (Å²) in [5, 5.41) is 9.23. The molecular formula is C17H10ClF3O4. The minimum absolute atomic E-state index is 0.0183. The van der Waals surface area contributed by atoms with Gasteiger partial charge in [-0.05, 0) is 30.3 Å². The van der Waals surface area contributed by atoms with E-state index in [0.29, 0.717) is 5.75 Å². The fourth-order valence-corrected chi connectivity index (χ4v) is 2.55. The van der Waals surface area contributed by atoms with E-state index in [0.717, 1.165) is 6.08 Å². The van der Waals surface area contributed by atoms with Gasteiger partial charge in [-0.15, -0.1) is 0 Å². The number of carboxylic acids is 1.